The fourth-order valence-corrected chi connectivity index (χ4v) is 4.06. The maximum atomic E-state index is 12.9. The van der Waals surface area contributed by atoms with Crippen LogP contribution in [-0.2, 0) is 11.8 Å². The highest BCUT2D eigenvalue weighted by Crippen LogP contribution is 2.42. The highest BCUT2D eigenvalue weighted by Gasteiger charge is 2.31. The number of fused-ring (bicyclic) bond motifs is 1. The molecule has 1 aliphatic rings. The van der Waals surface area contributed by atoms with Crippen LogP contribution in [0.25, 0.3) is 0 Å². The van der Waals surface area contributed by atoms with Crippen LogP contribution in [0.1, 0.15) is 47.5 Å². The molecule has 0 aliphatic heterocycles. The first-order valence-corrected chi connectivity index (χ1v) is 11.2. The zero-order valence-corrected chi connectivity index (χ0v) is 20.4. The van der Waals surface area contributed by atoms with Gasteiger partial charge in [-0.2, -0.15) is 9.97 Å². The van der Waals surface area contributed by atoms with Crippen molar-refractivity contribution in [2.24, 2.45) is 0 Å². The van der Waals surface area contributed by atoms with Crippen LogP contribution in [0.3, 0.4) is 0 Å². The van der Waals surface area contributed by atoms with Crippen molar-refractivity contribution in [3.8, 4) is 29.5 Å². The van der Waals surface area contributed by atoms with E-state index >= 15 is 0 Å². The van der Waals surface area contributed by atoms with Gasteiger partial charge < -0.3 is 28.7 Å². The first-order chi connectivity index (χ1) is 16.7. The van der Waals surface area contributed by atoms with Crippen molar-refractivity contribution in [3.05, 3.63) is 46.7 Å². The second-order valence-electron chi connectivity index (χ2n) is 8.77. The van der Waals surface area contributed by atoms with E-state index in [0.717, 1.165) is 18.4 Å². The van der Waals surface area contributed by atoms with Gasteiger partial charge in [0.2, 0.25) is 11.8 Å². The van der Waals surface area contributed by atoms with Gasteiger partial charge in [-0.25, -0.2) is 4.39 Å². The highest BCUT2D eigenvalue weighted by molar-refractivity contribution is 6.03. The van der Waals surface area contributed by atoms with E-state index in [1.54, 1.807) is 6.07 Å². The van der Waals surface area contributed by atoms with Crippen LogP contribution in [0.5, 0.6) is 29.5 Å². The number of hydrogen-bond donors (Lipinski definition) is 1. The Bertz CT molecular complexity index is 1210. The number of nitrogens with one attached hydrogen (secondary N) is 1. The lowest BCUT2D eigenvalue weighted by Gasteiger charge is -2.20. The topological polar surface area (TPSA) is 105 Å². The Labute approximate surface area is 202 Å². The number of halogens is 1. The van der Waals surface area contributed by atoms with E-state index in [-0.39, 0.29) is 47.2 Å². The summed E-state index contributed by atoms with van der Waals surface area (Å²) in [7, 11) is 2.71. The van der Waals surface area contributed by atoms with Crippen molar-refractivity contribution in [1.82, 2.24) is 9.97 Å². The van der Waals surface area contributed by atoms with Gasteiger partial charge in [0, 0.05) is 6.07 Å². The minimum Gasteiger partial charge on any atom is -0.479 e. The van der Waals surface area contributed by atoms with Gasteiger partial charge in [-0.3, -0.25) is 4.79 Å². The molecule has 35 heavy (non-hydrogen) atoms. The molecule has 0 unspecified atom stereocenters. The number of aromatic nitrogens is 2. The first kappa shape index (κ1) is 24.3. The number of benzene rings is 1. The third-order valence-electron chi connectivity index (χ3n) is 5.92. The van der Waals surface area contributed by atoms with Crippen molar-refractivity contribution in [3.63, 3.8) is 0 Å². The number of hydrogen-bond acceptors (Lipinski definition) is 8. The summed E-state index contributed by atoms with van der Waals surface area (Å²) in [5, 5.41) is 2.62. The Balaban J connectivity index is 1.53. The van der Waals surface area contributed by atoms with Crippen LogP contribution in [-0.4, -0.2) is 43.4 Å². The molecule has 186 valence electrons. The van der Waals surface area contributed by atoms with Crippen molar-refractivity contribution >= 4 is 11.6 Å². The van der Waals surface area contributed by atoms with Gasteiger partial charge in [0.05, 0.1) is 14.2 Å². The number of aryl methyl sites for hydroxylation is 2. The molecule has 2 aromatic heterocycles. The van der Waals surface area contributed by atoms with Crippen molar-refractivity contribution in [2.45, 2.75) is 39.0 Å². The summed E-state index contributed by atoms with van der Waals surface area (Å²) in [6.45, 7) is 5.49. The molecule has 1 aromatic carbocycles. The highest BCUT2D eigenvalue weighted by atomic mass is 18.2. The first-order valence-electron chi connectivity index (χ1n) is 11.2. The number of carbonyl (C=O) groups is 1. The Kier molecular flexibility index (Phi) is 6.81. The smallest absolute Gasteiger partial charge is 0.323 e. The zero-order chi connectivity index (χ0) is 25.2. The number of rotatable bonds is 9. The van der Waals surface area contributed by atoms with Gasteiger partial charge in [-0.15, -0.1) is 0 Å². The number of furan rings is 1. The molecule has 2 heterocycles. The van der Waals surface area contributed by atoms with Gasteiger partial charge in [-0.1, -0.05) is 19.9 Å². The fraction of sp³-hybridized carbons (Fsp3) is 0.400. The predicted molar refractivity (Wildman–Crippen MR) is 126 cm³/mol. The normalized spacial score (nSPS) is 13.8. The molecular formula is C25H28FN3O6. The lowest BCUT2D eigenvalue weighted by Crippen LogP contribution is -2.15. The van der Waals surface area contributed by atoms with Gasteiger partial charge >= 0.3 is 6.01 Å². The fourth-order valence-electron chi connectivity index (χ4n) is 4.06. The second kappa shape index (κ2) is 9.81. The third-order valence-corrected chi connectivity index (χ3v) is 5.92. The molecule has 3 aromatic rings. The van der Waals surface area contributed by atoms with Crippen molar-refractivity contribution in [1.29, 1.82) is 0 Å². The second-order valence-corrected chi connectivity index (χ2v) is 8.77. The molecule has 1 N–H and O–H groups in total. The number of nitrogens with zero attached hydrogens (tertiary/aromatic N) is 2. The van der Waals surface area contributed by atoms with Crippen molar-refractivity contribution in [2.75, 3.05) is 32.8 Å². The molecule has 0 radical (unpaired) electrons. The number of carbonyl (C=O) groups excluding carboxylic acids is 1. The summed E-state index contributed by atoms with van der Waals surface area (Å²) >= 11 is 0. The molecule has 1 aliphatic carbocycles. The monoisotopic (exact) mass is 484 g/mol. The lowest BCUT2D eigenvalue weighted by molar-refractivity contribution is 0.0990. The maximum absolute atomic E-state index is 12.9. The number of methoxy groups -OCH3 is 2. The Morgan fingerprint density at radius 1 is 1.17 bits per heavy atom. The molecule has 0 saturated heterocycles. The standard InChI is InChI=1S/C25H28FN3O6/c1-14-12-15-8-9-25(2,3)16(15)13-18(14)35-19-7-6-17(34-19)21(30)27-20-22(31-4)28-24(33-11-10-26)29-23(20)32-5/h6-7,12-13H,8-11H2,1-5H3,(H,27,30)/i26-1. The molecule has 10 heteroatoms. The van der Waals surface area contributed by atoms with Gasteiger partial charge in [0.25, 0.3) is 11.9 Å². The zero-order valence-electron chi connectivity index (χ0n) is 20.4. The average molecular weight is 485 g/mol. The molecule has 0 spiro atoms. The van der Waals surface area contributed by atoms with E-state index < -0.39 is 12.6 Å². The quantitative estimate of drug-likeness (QED) is 0.452. The predicted octanol–water partition coefficient (Wildman–Crippen LogP) is 5.01. The van der Waals surface area contributed by atoms with Gasteiger partial charge in [0.15, 0.2) is 11.4 Å². The van der Waals surface area contributed by atoms with Gasteiger partial charge in [0.1, 0.15) is 19.0 Å². The summed E-state index contributed by atoms with van der Waals surface area (Å²) in [4.78, 5) is 20.9. The Morgan fingerprint density at radius 2 is 1.89 bits per heavy atom. The average Bonchev–Trinajstić information content (AvgIpc) is 3.42. The molecule has 0 bridgehead atoms. The maximum Gasteiger partial charge on any atom is 0.323 e. The molecule has 0 fully saturated rings. The molecule has 9 nitrogen and oxygen atoms in total. The molecule has 1 amide bonds. The number of amides is 1. The van der Waals surface area contributed by atoms with E-state index in [0.29, 0.717) is 5.75 Å². The van der Waals surface area contributed by atoms with Gasteiger partial charge in [-0.05, 0) is 54.0 Å². The SMILES string of the molecule is COc1nc(OCC[18F])nc(OC)c1NC(=O)c1ccc(Oc2cc3c(cc2C)CCC3(C)C)o1. The molecule has 0 atom stereocenters. The third kappa shape index (κ3) is 5.01. The number of ether oxygens (including phenoxy) is 4. The Hall–Kier alpha value is -3.82. The van der Waals surface area contributed by atoms with E-state index in [9.17, 15) is 9.18 Å². The van der Waals surface area contributed by atoms with Crippen LogP contribution in [0, 0.1) is 6.92 Å². The van der Waals surface area contributed by atoms with Crippen LogP contribution in [0.2, 0.25) is 0 Å². The number of anilines is 1. The van der Waals surface area contributed by atoms with Crippen LogP contribution < -0.4 is 24.3 Å². The lowest BCUT2D eigenvalue weighted by atomic mass is 9.86. The van der Waals surface area contributed by atoms with Crippen LogP contribution in [0.4, 0.5) is 10.1 Å². The summed E-state index contributed by atoms with van der Waals surface area (Å²) in [5.41, 5.74) is 3.75. The Morgan fingerprint density at radius 3 is 2.54 bits per heavy atom. The van der Waals surface area contributed by atoms with Crippen LogP contribution >= 0.6 is 0 Å². The van der Waals surface area contributed by atoms with E-state index in [1.165, 1.54) is 31.4 Å². The molecular weight excluding hydrogens is 456 g/mol. The summed E-state index contributed by atoms with van der Waals surface area (Å²) < 4.78 is 39.6. The van der Waals surface area contributed by atoms with E-state index in [1.807, 2.05) is 6.92 Å². The van der Waals surface area contributed by atoms with Crippen LogP contribution in [0.15, 0.2) is 28.7 Å². The molecule has 0 saturated carbocycles. The molecule has 4 rings (SSSR count). The largest absolute Gasteiger partial charge is 0.479 e. The van der Waals surface area contributed by atoms with Crippen molar-refractivity contribution < 1.29 is 32.5 Å². The number of alkyl halides is 1. The van der Waals surface area contributed by atoms with E-state index in [2.05, 4.69) is 41.3 Å². The summed E-state index contributed by atoms with van der Waals surface area (Å²) in [6, 6.07) is 7.13. The minimum atomic E-state index is -0.710. The van der Waals surface area contributed by atoms with E-state index in [4.69, 9.17) is 23.4 Å². The summed E-state index contributed by atoms with van der Waals surface area (Å²) in [5.74, 6) is 0.238. The summed E-state index contributed by atoms with van der Waals surface area (Å²) in [6.07, 6.45) is 2.14. The minimum absolute atomic E-state index is 0.000930.